The lowest BCUT2D eigenvalue weighted by molar-refractivity contribution is -0.149. The largest absolute Gasteiger partial charge is 0.496 e. The third-order valence-electron chi connectivity index (χ3n) is 5.40. The second kappa shape index (κ2) is 9.13. The molecule has 1 atom stereocenters. The van der Waals surface area contributed by atoms with E-state index in [2.05, 4.69) is 27.9 Å². The van der Waals surface area contributed by atoms with Crippen LogP contribution in [-0.4, -0.2) is 48.9 Å². The Kier molecular flexibility index (Phi) is 6.92. The monoisotopic (exact) mass is 558 g/mol. The van der Waals surface area contributed by atoms with Crippen molar-refractivity contribution in [3.8, 4) is 5.75 Å². The number of carboxylic acid groups (broad SMARTS) is 1. The number of carbonyl (C=O) groups excluding carboxylic acids is 1. The van der Waals surface area contributed by atoms with Gasteiger partial charge in [0.05, 0.1) is 15.6 Å². The average Bonchev–Trinajstić information content (AvgIpc) is 2.74. The molecular formula is C21H23IN2O6S. The fourth-order valence-corrected chi connectivity index (χ4v) is 6.08. The van der Waals surface area contributed by atoms with Crippen LogP contribution in [-0.2, 0) is 14.8 Å². The van der Waals surface area contributed by atoms with Gasteiger partial charge in [-0.15, -0.1) is 0 Å². The van der Waals surface area contributed by atoms with Crippen molar-refractivity contribution in [1.29, 1.82) is 0 Å². The highest BCUT2D eigenvalue weighted by Gasteiger charge is 2.47. The van der Waals surface area contributed by atoms with Gasteiger partial charge in [0.15, 0.2) is 0 Å². The smallest absolute Gasteiger partial charge is 0.324 e. The first-order valence-electron chi connectivity index (χ1n) is 9.61. The van der Waals surface area contributed by atoms with Gasteiger partial charge in [0.1, 0.15) is 11.3 Å². The number of amides is 1. The maximum Gasteiger partial charge on any atom is 0.324 e. The minimum absolute atomic E-state index is 0.0149. The number of nitrogens with zero attached hydrogens (tertiary/aromatic N) is 1. The lowest BCUT2D eigenvalue weighted by atomic mass is 9.91. The van der Waals surface area contributed by atoms with E-state index in [1.165, 1.54) is 31.2 Å². The zero-order valence-corrected chi connectivity index (χ0v) is 20.1. The zero-order chi connectivity index (χ0) is 22.8. The van der Waals surface area contributed by atoms with E-state index < -0.39 is 21.5 Å². The number of methoxy groups -OCH3 is 1. The summed E-state index contributed by atoms with van der Waals surface area (Å²) in [4.78, 5) is 24.3. The molecule has 10 heteroatoms. The van der Waals surface area contributed by atoms with Crippen molar-refractivity contribution in [2.24, 2.45) is 0 Å². The van der Waals surface area contributed by atoms with Crippen LogP contribution in [0.15, 0.2) is 47.4 Å². The van der Waals surface area contributed by atoms with Crippen LogP contribution in [0.25, 0.3) is 0 Å². The van der Waals surface area contributed by atoms with Crippen LogP contribution in [0.3, 0.4) is 0 Å². The number of rotatable bonds is 6. The van der Waals surface area contributed by atoms with Gasteiger partial charge < -0.3 is 15.2 Å². The lowest BCUT2D eigenvalue weighted by Crippen LogP contribution is -2.57. The first-order valence-corrected chi connectivity index (χ1v) is 12.1. The molecule has 8 nitrogen and oxygen atoms in total. The molecule has 0 saturated carbocycles. The number of aliphatic carboxylic acids is 1. The Morgan fingerprint density at radius 1 is 1.16 bits per heavy atom. The molecule has 2 aromatic carbocycles. The topological polar surface area (TPSA) is 113 Å². The third kappa shape index (κ3) is 4.70. The van der Waals surface area contributed by atoms with Crippen LogP contribution < -0.4 is 10.1 Å². The van der Waals surface area contributed by atoms with Crippen molar-refractivity contribution in [2.75, 3.05) is 19.0 Å². The summed E-state index contributed by atoms with van der Waals surface area (Å²) < 4.78 is 33.3. The Bertz CT molecular complexity index is 1100. The number of anilines is 1. The van der Waals surface area contributed by atoms with Crippen LogP contribution in [0.1, 0.15) is 36.5 Å². The van der Waals surface area contributed by atoms with Gasteiger partial charge >= 0.3 is 5.97 Å². The number of nitrogens with one attached hydrogen (secondary N) is 1. The van der Waals surface area contributed by atoms with E-state index >= 15 is 0 Å². The maximum absolute atomic E-state index is 13.1. The van der Waals surface area contributed by atoms with Gasteiger partial charge in [-0.05, 0) is 91.2 Å². The van der Waals surface area contributed by atoms with Gasteiger partial charge in [-0.1, -0.05) is 0 Å². The van der Waals surface area contributed by atoms with Crippen molar-refractivity contribution >= 4 is 50.2 Å². The summed E-state index contributed by atoms with van der Waals surface area (Å²) in [6, 6.07) is 10.8. The number of piperidine rings is 1. The molecule has 0 radical (unpaired) electrons. The SMILES string of the molecule is COc1ccc(C(=O)Nc2ccc(S(=O)(=O)N3CCCCC3(C)C(=O)O)cc2)cc1I. The van der Waals surface area contributed by atoms with Gasteiger partial charge in [-0.2, -0.15) is 4.31 Å². The van der Waals surface area contributed by atoms with E-state index in [9.17, 15) is 23.1 Å². The number of ether oxygens (including phenoxy) is 1. The van der Waals surface area contributed by atoms with Crippen molar-refractivity contribution in [3.63, 3.8) is 0 Å². The minimum atomic E-state index is -4.00. The molecule has 0 bridgehead atoms. The molecule has 0 aromatic heterocycles. The average molecular weight is 558 g/mol. The standard InChI is InChI=1S/C21H23IN2O6S/c1-21(20(26)27)11-3-4-12-24(21)31(28,29)16-8-6-15(7-9-16)23-19(25)14-5-10-18(30-2)17(22)13-14/h5-10,13H,3-4,11-12H2,1-2H3,(H,23,25)(H,26,27). The zero-order valence-electron chi connectivity index (χ0n) is 17.1. The molecule has 1 aliphatic heterocycles. The predicted octanol–water partition coefficient (Wildman–Crippen LogP) is 3.57. The molecule has 1 fully saturated rings. The molecule has 31 heavy (non-hydrogen) atoms. The highest BCUT2D eigenvalue weighted by Crippen LogP contribution is 2.34. The van der Waals surface area contributed by atoms with Gasteiger partial charge in [0.2, 0.25) is 10.0 Å². The minimum Gasteiger partial charge on any atom is -0.496 e. The summed E-state index contributed by atoms with van der Waals surface area (Å²) >= 11 is 2.07. The maximum atomic E-state index is 13.1. The molecule has 3 rings (SSSR count). The number of halogens is 1. The van der Waals surface area contributed by atoms with Gasteiger partial charge in [-0.25, -0.2) is 8.42 Å². The molecule has 1 amide bonds. The summed E-state index contributed by atoms with van der Waals surface area (Å²) in [5, 5.41) is 12.4. The van der Waals surface area contributed by atoms with Crippen molar-refractivity contribution in [3.05, 3.63) is 51.6 Å². The van der Waals surface area contributed by atoms with E-state index in [0.717, 1.165) is 7.88 Å². The van der Waals surface area contributed by atoms with E-state index in [1.54, 1.807) is 25.3 Å². The molecule has 1 saturated heterocycles. The highest BCUT2D eigenvalue weighted by atomic mass is 127. The number of hydrogen-bond acceptors (Lipinski definition) is 5. The third-order valence-corrected chi connectivity index (χ3v) is 8.28. The molecule has 0 aliphatic carbocycles. The van der Waals surface area contributed by atoms with Crippen LogP contribution in [0.5, 0.6) is 5.75 Å². The molecule has 0 spiro atoms. The van der Waals surface area contributed by atoms with Gasteiger partial charge in [0, 0.05) is 17.8 Å². The fraction of sp³-hybridized carbons (Fsp3) is 0.333. The van der Waals surface area contributed by atoms with Gasteiger partial charge in [0.25, 0.3) is 5.91 Å². The Morgan fingerprint density at radius 2 is 1.84 bits per heavy atom. The second-order valence-electron chi connectivity index (χ2n) is 7.44. The summed E-state index contributed by atoms with van der Waals surface area (Å²) in [5.74, 6) is -0.836. The van der Waals surface area contributed by atoms with Crippen LogP contribution in [0.4, 0.5) is 5.69 Å². The first-order chi connectivity index (χ1) is 14.6. The number of hydrogen-bond donors (Lipinski definition) is 2. The molecule has 1 heterocycles. The van der Waals surface area contributed by atoms with E-state index in [1.807, 2.05) is 0 Å². The van der Waals surface area contributed by atoms with Crippen molar-refractivity contribution in [1.82, 2.24) is 4.31 Å². The fourth-order valence-electron chi connectivity index (χ4n) is 3.54. The normalized spacial score (nSPS) is 19.6. The van der Waals surface area contributed by atoms with E-state index in [4.69, 9.17) is 4.74 Å². The highest BCUT2D eigenvalue weighted by molar-refractivity contribution is 14.1. The summed E-state index contributed by atoms with van der Waals surface area (Å²) in [6.07, 6.45) is 1.53. The molecule has 2 aromatic rings. The number of sulfonamides is 1. The summed E-state index contributed by atoms with van der Waals surface area (Å²) in [7, 11) is -2.45. The molecule has 2 N–H and O–H groups in total. The van der Waals surface area contributed by atoms with Crippen molar-refractivity contribution < 1.29 is 27.9 Å². The Hall–Kier alpha value is -2.18. The number of carboxylic acids is 1. The van der Waals surface area contributed by atoms with Crippen molar-refractivity contribution in [2.45, 2.75) is 36.6 Å². The molecular weight excluding hydrogens is 535 g/mol. The molecule has 1 aliphatic rings. The predicted molar refractivity (Wildman–Crippen MR) is 124 cm³/mol. The van der Waals surface area contributed by atoms with Gasteiger partial charge in [-0.3, -0.25) is 9.59 Å². The Morgan fingerprint density at radius 3 is 2.42 bits per heavy atom. The van der Waals surface area contributed by atoms with Crippen LogP contribution in [0.2, 0.25) is 0 Å². The van der Waals surface area contributed by atoms with E-state index in [0.29, 0.717) is 29.8 Å². The Labute approximate surface area is 194 Å². The van der Waals surface area contributed by atoms with E-state index in [-0.39, 0.29) is 23.8 Å². The summed E-state index contributed by atoms with van der Waals surface area (Å²) in [5.41, 5.74) is -0.614. The quantitative estimate of drug-likeness (QED) is 0.525. The number of benzene rings is 2. The lowest BCUT2D eigenvalue weighted by Gasteiger charge is -2.40. The molecule has 166 valence electrons. The van der Waals surface area contributed by atoms with Crippen LogP contribution >= 0.6 is 22.6 Å². The second-order valence-corrected chi connectivity index (χ2v) is 10.5. The Balaban J connectivity index is 1.80. The van der Waals surface area contributed by atoms with Crippen LogP contribution in [0, 0.1) is 3.57 Å². The molecule has 1 unspecified atom stereocenters. The number of carbonyl (C=O) groups is 2. The first kappa shape index (κ1) is 23.5. The summed E-state index contributed by atoms with van der Waals surface area (Å²) in [6.45, 7) is 1.59.